The summed E-state index contributed by atoms with van der Waals surface area (Å²) in [6, 6.07) is 19.5. The molecular weight excluding hydrogens is 464 g/mol. The predicted molar refractivity (Wildman–Crippen MR) is 135 cm³/mol. The zero-order valence-corrected chi connectivity index (χ0v) is 19.6. The summed E-state index contributed by atoms with van der Waals surface area (Å²) in [5.74, 6) is 0.0944. The van der Waals surface area contributed by atoms with Crippen molar-refractivity contribution in [3.63, 3.8) is 0 Å². The molecule has 8 heteroatoms. The summed E-state index contributed by atoms with van der Waals surface area (Å²) in [7, 11) is 0. The van der Waals surface area contributed by atoms with Gasteiger partial charge >= 0.3 is 0 Å². The first-order valence-electron chi connectivity index (χ1n) is 10.9. The monoisotopic (exact) mass is 484 g/mol. The van der Waals surface area contributed by atoms with E-state index in [0.29, 0.717) is 50.8 Å². The van der Waals surface area contributed by atoms with Gasteiger partial charge in [-0.1, -0.05) is 29.8 Å². The van der Waals surface area contributed by atoms with Gasteiger partial charge in [0.05, 0.1) is 23.5 Å². The number of halogens is 1. The van der Waals surface area contributed by atoms with Gasteiger partial charge in [-0.05, 0) is 55.0 Å². The predicted octanol–water partition coefficient (Wildman–Crippen LogP) is 4.61. The summed E-state index contributed by atoms with van der Waals surface area (Å²) in [5, 5.41) is 12.6. The van der Waals surface area contributed by atoms with Gasteiger partial charge in [-0.25, -0.2) is 0 Å². The van der Waals surface area contributed by atoms with Gasteiger partial charge in [0.15, 0.2) is 6.61 Å². The zero-order valence-electron chi connectivity index (χ0n) is 18.9. The van der Waals surface area contributed by atoms with Crippen LogP contribution >= 0.6 is 11.6 Å². The minimum atomic E-state index is -0.298. The van der Waals surface area contributed by atoms with E-state index in [0.717, 1.165) is 0 Å². The van der Waals surface area contributed by atoms with Gasteiger partial charge in [-0.15, -0.1) is 0 Å². The molecular formula is C27H21ClN4O3. The van der Waals surface area contributed by atoms with Crippen molar-refractivity contribution < 1.29 is 9.53 Å². The number of nitriles is 1. The number of rotatable bonds is 7. The summed E-state index contributed by atoms with van der Waals surface area (Å²) in [4.78, 5) is 29.6. The molecule has 2 heterocycles. The van der Waals surface area contributed by atoms with Crippen LogP contribution in [0.3, 0.4) is 0 Å². The molecule has 2 aromatic carbocycles. The number of aromatic nitrogens is 2. The van der Waals surface area contributed by atoms with Crippen LogP contribution in [0, 0.1) is 11.3 Å². The highest BCUT2D eigenvalue weighted by molar-refractivity contribution is 6.31. The molecule has 35 heavy (non-hydrogen) atoms. The molecule has 1 N–H and O–H groups in total. The van der Waals surface area contributed by atoms with E-state index in [9.17, 15) is 14.9 Å². The fraction of sp³-hybridized carbons (Fsp3) is 0.111. The van der Waals surface area contributed by atoms with Crippen LogP contribution in [0.25, 0.3) is 27.9 Å². The smallest absolute Gasteiger partial charge is 0.263 e. The Hall–Kier alpha value is -4.41. The van der Waals surface area contributed by atoms with E-state index < -0.39 is 0 Å². The van der Waals surface area contributed by atoms with E-state index in [4.69, 9.17) is 16.3 Å². The number of carbonyl (C=O) groups is 1. The minimum absolute atomic E-state index is 0.177. The number of hydrogen-bond donors (Lipinski definition) is 1. The Morgan fingerprint density at radius 3 is 2.69 bits per heavy atom. The fourth-order valence-electron chi connectivity index (χ4n) is 3.66. The van der Waals surface area contributed by atoms with Gasteiger partial charge in [0.1, 0.15) is 5.75 Å². The van der Waals surface area contributed by atoms with Crippen LogP contribution in [0.4, 0.5) is 0 Å². The lowest BCUT2D eigenvalue weighted by molar-refractivity contribution is -0.122. The quantitative estimate of drug-likeness (QED) is 0.413. The summed E-state index contributed by atoms with van der Waals surface area (Å²) >= 11 is 6.35. The highest BCUT2D eigenvalue weighted by Crippen LogP contribution is 2.31. The Labute approximate surface area is 207 Å². The molecule has 1 amide bonds. The van der Waals surface area contributed by atoms with E-state index >= 15 is 0 Å². The van der Waals surface area contributed by atoms with Crippen molar-refractivity contribution in [2.45, 2.75) is 6.92 Å². The van der Waals surface area contributed by atoms with Crippen LogP contribution in [0.1, 0.15) is 12.5 Å². The van der Waals surface area contributed by atoms with Crippen molar-refractivity contribution in [2.75, 3.05) is 13.2 Å². The molecule has 7 nitrogen and oxygen atoms in total. The first kappa shape index (κ1) is 23.7. The lowest BCUT2D eigenvalue weighted by atomic mass is 9.98. The van der Waals surface area contributed by atoms with Gasteiger partial charge in [-0.3, -0.25) is 19.1 Å². The molecule has 0 atom stereocenters. The second-order valence-corrected chi connectivity index (χ2v) is 8.04. The third kappa shape index (κ3) is 5.40. The third-order valence-corrected chi connectivity index (χ3v) is 5.44. The van der Waals surface area contributed by atoms with E-state index in [1.165, 1.54) is 4.57 Å². The molecule has 4 rings (SSSR count). The largest absolute Gasteiger partial charge is 0.484 e. The molecule has 2 aromatic heterocycles. The van der Waals surface area contributed by atoms with Crippen LogP contribution in [-0.4, -0.2) is 28.6 Å². The second kappa shape index (κ2) is 10.7. The molecule has 0 unspecified atom stereocenters. The van der Waals surface area contributed by atoms with Crippen LogP contribution in [-0.2, 0) is 4.79 Å². The molecule has 0 aliphatic rings. The van der Waals surface area contributed by atoms with Crippen molar-refractivity contribution in [3.05, 3.63) is 100 Å². The first-order valence-corrected chi connectivity index (χ1v) is 11.2. The zero-order chi connectivity index (χ0) is 24.8. The molecule has 174 valence electrons. The Balaban J connectivity index is 1.88. The standard InChI is InChI=1S/C27H21ClN4O3/c1-2-31-26(33)17-35-23-11-19(10-21(28)13-23)25-12-20(24-8-4-3-6-18(24)14-29)16-32(27(25)34)22-7-5-9-30-15-22/h3-13,15-16H,2,17H2,1H3,(H,31,33). The molecule has 0 saturated heterocycles. The van der Waals surface area contributed by atoms with Crippen LogP contribution in [0.15, 0.2) is 84.0 Å². The topological polar surface area (TPSA) is 97.0 Å². The number of pyridine rings is 2. The van der Waals surface area contributed by atoms with E-state index in [1.807, 2.05) is 19.1 Å². The van der Waals surface area contributed by atoms with E-state index in [-0.39, 0.29) is 18.1 Å². The number of nitrogens with one attached hydrogen (secondary N) is 1. The molecule has 0 spiro atoms. The molecule has 0 radical (unpaired) electrons. The maximum absolute atomic E-state index is 13.6. The molecule has 0 bridgehead atoms. The Morgan fingerprint density at radius 1 is 1.11 bits per heavy atom. The van der Waals surface area contributed by atoms with Crippen molar-refractivity contribution in [1.29, 1.82) is 5.26 Å². The summed E-state index contributed by atoms with van der Waals surface area (Å²) < 4.78 is 7.10. The van der Waals surface area contributed by atoms with Crippen molar-refractivity contribution >= 4 is 17.5 Å². The van der Waals surface area contributed by atoms with E-state index in [1.54, 1.807) is 67.1 Å². The van der Waals surface area contributed by atoms with Crippen LogP contribution in [0.2, 0.25) is 5.02 Å². The Bertz CT molecular complexity index is 1480. The summed E-state index contributed by atoms with van der Waals surface area (Å²) in [5.41, 5.74) is 2.98. The van der Waals surface area contributed by atoms with E-state index in [2.05, 4.69) is 16.4 Å². The Morgan fingerprint density at radius 2 is 1.94 bits per heavy atom. The van der Waals surface area contributed by atoms with Crippen molar-refractivity contribution in [1.82, 2.24) is 14.9 Å². The highest BCUT2D eigenvalue weighted by atomic mass is 35.5. The Kier molecular flexibility index (Phi) is 7.24. The summed E-state index contributed by atoms with van der Waals surface area (Å²) in [6.07, 6.45) is 4.90. The first-order chi connectivity index (χ1) is 17.0. The maximum Gasteiger partial charge on any atom is 0.263 e. The average molecular weight is 485 g/mol. The lowest BCUT2D eigenvalue weighted by Gasteiger charge is -2.14. The second-order valence-electron chi connectivity index (χ2n) is 7.60. The molecule has 0 fully saturated rings. The SMILES string of the molecule is CCNC(=O)COc1cc(Cl)cc(-c2cc(-c3ccccc3C#N)cn(-c3cccnc3)c2=O)c1. The van der Waals surface area contributed by atoms with Crippen molar-refractivity contribution in [2.24, 2.45) is 0 Å². The van der Waals surface area contributed by atoms with Gasteiger partial charge in [0.25, 0.3) is 11.5 Å². The number of amides is 1. The van der Waals surface area contributed by atoms with Crippen LogP contribution < -0.4 is 15.6 Å². The maximum atomic E-state index is 13.6. The molecule has 0 aliphatic heterocycles. The van der Waals surface area contributed by atoms with Crippen LogP contribution in [0.5, 0.6) is 5.75 Å². The number of hydrogen-bond acceptors (Lipinski definition) is 5. The number of benzene rings is 2. The number of nitrogens with zero attached hydrogens (tertiary/aromatic N) is 3. The van der Waals surface area contributed by atoms with Gasteiger partial charge in [-0.2, -0.15) is 5.26 Å². The number of likely N-dealkylation sites (N-methyl/N-ethyl adjacent to an activating group) is 1. The lowest BCUT2D eigenvalue weighted by Crippen LogP contribution is -2.28. The third-order valence-electron chi connectivity index (χ3n) is 5.23. The average Bonchev–Trinajstić information content (AvgIpc) is 2.88. The summed E-state index contributed by atoms with van der Waals surface area (Å²) in [6.45, 7) is 2.14. The molecule has 0 saturated carbocycles. The normalized spacial score (nSPS) is 10.4. The minimum Gasteiger partial charge on any atom is -0.484 e. The number of carbonyl (C=O) groups excluding carboxylic acids is 1. The van der Waals surface area contributed by atoms with Gasteiger partial charge in [0.2, 0.25) is 0 Å². The molecule has 4 aromatic rings. The molecule has 0 aliphatic carbocycles. The van der Waals surface area contributed by atoms with Gasteiger partial charge in [0, 0.05) is 40.7 Å². The highest BCUT2D eigenvalue weighted by Gasteiger charge is 2.15. The number of ether oxygens (including phenoxy) is 1. The van der Waals surface area contributed by atoms with Gasteiger partial charge < -0.3 is 10.1 Å². The van der Waals surface area contributed by atoms with Crippen molar-refractivity contribution in [3.8, 4) is 39.8 Å². The fourth-order valence-corrected chi connectivity index (χ4v) is 3.88.